The molecular formula is C8H13BrN2. The van der Waals surface area contributed by atoms with Crippen LogP contribution in [0, 0.1) is 0 Å². The highest BCUT2D eigenvalue weighted by atomic mass is 79.9. The molecule has 0 saturated heterocycles. The number of hydrogen-bond acceptors (Lipinski definition) is 1. The van der Waals surface area contributed by atoms with Crippen LogP contribution in [0.1, 0.15) is 25.5 Å². The van der Waals surface area contributed by atoms with E-state index in [9.17, 15) is 0 Å². The minimum Gasteiger partial charge on any atom is -0.276 e. The van der Waals surface area contributed by atoms with E-state index < -0.39 is 0 Å². The Bertz CT molecular complexity index is 230. The summed E-state index contributed by atoms with van der Waals surface area (Å²) in [7, 11) is 1.94. The average Bonchev–Trinajstić information content (AvgIpc) is 2.34. The second kappa shape index (κ2) is 3.39. The van der Waals surface area contributed by atoms with Gasteiger partial charge >= 0.3 is 0 Å². The summed E-state index contributed by atoms with van der Waals surface area (Å²) in [5.74, 6) is 0.483. The summed E-state index contributed by atoms with van der Waals surface area (Å²) in [6.45, 7) is 4.31. The van der Waals surface area contributed by atoms with Gasteiger partial charge in [0.1, 0.15) is 0 Å². The third-order valence-electron chi connectivity index (χ3n) is 1.89. The summed E-state index contributed by atoms with van der Waals surface area (Å²) in [5.41, 5.74) is 1.15. The Morgan fingerprint density at radius 1 is 1.55 bits per heavy atom. The summed E-state index contributed by atoms with van der Waals surface area (Å²) in [5, 5.41) is 4.32. The van der Waals surface area contributed by atoms with Crippen molar-refractivity contribution in [2.75, 3.05) is 0 Å². The Morgan fingerprint density at radius 2 is 2.18 bits per heavy atom. The maximum Gasteiger partial charge on any atom is 0.0663 e. The molecule has 0 spiro atoms. The van der Waals surface area contributed by atoms with Crippen molar-refractivity contribution in [3.8, 4) is 0 Å². The first-order chi connectivity index (χ1) is 5.11. The molecule has 0 fully saturated rings. The molecule has 0 N–H and O–H groups in total. The number of halogens is 1. The lowest BCUT2D eigenvalue weighted by molar-refractivity contribution is 0.680. The van der Waals surface area contributed by atoms with E-state index in [1.165, 1.54) is 0 Å². The fraction of sp³-hybridized carbons (Fsp3) is 0.625. The number of nitrogens with zero attached hydrogens (tertiary/aromatic N) is 2. The smallest absolute Gasteiger partial charge is 0.0663 e. The van der Waals surface area contributed by atoms with Crippen LogP contribution in [0.5, 0.6) is 0 Å². The van der Waals surface area contributed by atoms with Gasteiger partial charge in [-0.15, -0.1) is 0 Å². The highest BCUT2D eigenvalue weighted by Crippen LogP contribution is 2.21. The second-order valence-electron chi connectivity index (χ2n) is 2.88. The Balaban J connectivity index is 2.76. The van der Waals surface area contributed by atoms with Gasteiger partial charge in [-0.25, -0.2) is 0 Å². The van der Waals surface area contributed by atoms with Crippen LogP contribution in [0.15, 0.2) is 12.3 Å². The average molecular weight is 217 g/mol. The second-order valence-corrected chi connectivity index (χ2v) is 4.32. The Morgan fingerprint density at radius 3 is 2.55 bits per heavy atom. The summed E-state index contributed by atoms with van der Waals surface area (Å²) in [4.78, 5) is 0.484. The lowest BCUT2D eigenvalue weighted by Crippen LogP contribution is -2.05. The first-order valence-electron chi connectivity index (χ1n) is 3.75. The molecule has 3 heteroatoms. The van der Waals surface area contributed by atoms with Gasteiger partial charge in [0.25, 0.3) is 0 Å². The minimum absolute atomic E-state index is 0.483. The molecular weight excluding hydrogens is 204 g/mol. The fourth-order valence-electron chi connectivity index (χ4n) is 0.911. The quantitative estimate of drug-likeness (QED) is 0.695. The first kappa shape index (κ1) is 8.78. The number of aryl methyl sites for hydroxylation is 1. The maximum absolute atomic E-state index is 4.32. The molecule has 1 aromatic rings. The van der Waals surface area contributed by atoms with E-state index in [1.54, 1.807) is 0 Å². The molecule has 1 rings (SSSR count). The van der Waals surface area contributed by atoms with Gasteiger partial charge in [-0.2, -0.15) is 5.10 Å². The van der Waals surface area contributed by atoms with Gasteiger partial charge in [-0.3, -0.25) is 4.68 Å². The molecule has 0 aliphatic carbocycles. The van der Waals surface area contributed by atoms with Gasteiger partial charge in [0, 0.05) is 24.0 Å². The van der Waals surface area contributed by atoms with Crippen molar-refractivity contribution in [2.24, 2.45) is 7.05 Å². The molecule has 2 unspecified atom stereocenters. The van der Waals surface area contributed by atoms with E-state index in [2.05, 4.69) is 40.9 Å². The van der Waals surface area contributed by atoms with Gasteiger partial charge < -0.3 is 0 Å². The Kier molecular flexibility index (Phi) is 2.71. The highest BCUT2D eigenvalue weighted by molar-refractivity contribution is 9.09. The van der Waals surface area contributed by atoms with Crippen molar-refractivity contribution in [3.05, 3.63) is 18.0 Å². The Labute approximate surface area is 75.7 Å². The molecule has 0 bridgehead atoms. The molecule has 0 saturated carbocycles. The summed E-state index contributed by atoms with van der Waals surface area (Å²) >= 11 is 3.54. The van der Waals surface area contributed by atoms with E-state index in [4.69, 9.17) is 0 Å². The largest absolute Gasteiger partial charge is 0.276 e. The van der Waals surface area contributed by atoms with Crippen molar-refractivity contribution in [2.45, 2.75) is 24.6 Å². The molecule has 0 amide bonds. The zero-order valence-electron chi connectivity index (χ0n) is 7.08. The molecule has 1 aromatic heterocycles. The van der Waals surface area contributed by atoms with Crippen LogP contribution in [0.3, 0.4) is 0 Å². The zero-order valence-corrected chi connectivity index (χ0v) is 8.67. The van der Waals surface area contributed by atoms with Crippen molar-refractivity contribution >= 4 is 15.9 Å². The highest BCUT2D eigenvalue weighted by Gasteiger charge is 2.12. The number of aromatic nitrogens is 2. The molecule has 62 valence electrons. The molecule has 0 radical (unpaired) electrons. The normalized spacial score (nSPS) is 16.4. The van der Waals surface area contributed by atoms with Gasteiger partial charge in [0.05, 0.1) is 5.69 Å². The molecule has 11 heavy (non-hydrogen) atoms. The Hall–Kier alpha value is -0.310. The van der Waals surface area contributed by atoms with E-state index >= 15 is 0 Å². The summed E-state index contributed by atoms with van der Waals surface area (Å²) in [6.07, 6.45) is 1.97. The van der Waals surface area contributed by atoms with Crippen LogP contribution >= 0.6 is 15.9 Å². The molecule has 0 aliphatic rings. The maximum atomic E-state index is 4.32. The van der Waals surface area contributed by atoms with E-state index in [-0.39, 0.29) is 0 Å². The molecule has 0 aromatic carbocycles. The zero-order chi connectivity index (χ0) is 8.43. The predicted molar refractivity (Wildman–Crippen MR) is 50.0 cm³/mol. The third kappa shape index (κ3) is 2.06. The van der Waals surface area contributed by atoms with Crippen LogP contribution in [0.2, 0.25) is 0 Å². The van der Waals surface area contributed by atoms with Gasteiger partial charge in [-0.05, 0) is 6.07 Å². The summed E-state index contributed by atoms with van der Waals surface area (Å²) < 4.78 is 1.83. The van der Waals surface area contributed by atoms with Crippen LogP contribution in [-0.2, 0) is 7.05 Å². The standard InChI is InChI=1S/C8H13BrN2/c1-6(7(2)9)8-4-5-11(3)10-8/h4-7H,1-3H3. The van der Waals surface area contributed by atoms with Crippen molar-refractivity contribution in [1.82, 2.24) is 9.78 Å². The lowest BCUT2D eigenvalue weighted by Gasteiger charge is -2.09. The minimum atomic E-state index is 0.483. The van der Waals surface area contributed by atoms with Gasteiger partial charge in [-0.1, -0.05) is 29.8 Å². The fourth-order valence-corrected chi connectivity index (χ4v) is 1.18. The van der Waals surface area contributed by atoms with Crippen molar-refractivity contribution < 1.29 is 0 Å². The predicted octanol–water partition coefficient (Wildman–Crippen LogP) is 2.31. The van der Waals surface area contributed by atoms with Crippen LogP contribution < -0.4 is 0 Å². The molecule has 2 atom stereocenters. The van der Waals surface area contributed by atoms with Gasteiger partial charge in [0.2, 0.25) is 0 Å². The summed E-state index contributed by atoms with van der Waals surface area (Å²) in [6, 6.07) is 2.06. The van der Waals surface area contributed by atoms with Crippen LogP contribution in [-0.4, -0.2) is 14.6 Å². The number of alkyl halides is 1. The van der Waals surface area contributed by atoms with E-state index in [0.717, 1.165) is 5.69 Å². The van der Waals surface area contributed by atoms with Crippen LogP contribution in [0.25, 0.3) is 0 Å². The van der Waals surface area contributed by atoms with E-state index in [0.29, 0.717) is 10.7 Å². The number of rotatable bonds is 2. The number of hydrogen-bond donors (Lipinski definition) is 0. The van der Waals surface area contributed by atoms with Crippen LogP contribution in [0.4, 0.5) is 0 Å². The lowest BCUT2D eigenvalue weighted by atomic mass is 10.1. The molecule has 0 aliphatic heterocycles. The third-order valence-corrected chi connectivity index (χ3v) is 2.68. The van der Waals surface area contributed by atoms with Crippen molar-refractivity contribution in [1.29, 1.82) is 0 Å². The topological polar surface area (TPSA) is 17.8 Å². The monoisotopic (exact) mass is 216 g/mol. The first-order valence-corrected chi connectivity index (χ1v) is 4.66. The van der Waals surface area contributed by atoms with Crippen molar-refractivity contribution in [3.63, 3.8) is 0 Å². The van der Waals surface area contributed by atoms with E-state index in [1.807, 2.05) is 17.9 Å². The molecule has 2 nitrogen and oxygen atoms in total. The van der Waals surface area contributed by atoms with Gasteiger partial charge in [0.15, 0.2) is 0 Å². The SMILES string of the molecule is CC(Br)C(C)c1ccn(C)n1. The molecule has 1 heterocycles.